The Labute approximate surface area is 222 Å². The molecule has 1 aliphatic carbocycles. The zero-order valence-electron chi connectivity index (χ0n) is 22.2. The summed E-state index contributed by atoms with van der Waals surface area (Å²) < 4.78 is 31.9. The van der Waals surface area contributed by atoms with Crippen molar-refractivity contribution in [3.8, 4) is 0 Å². The molecule has 0 radical (unpaired) electrons. The number of hydrogen-bond donors (Lipinski definition) is 0. The van der Waals surface area contributed by atoms with Crippen LogP contribution in [0.2, 0.25) is 0 Å². The molecule has 2 aromatic rings. The number of halogens is 1. The summed E-state index contributed by atoms with van der Waals surface area (Å²) in [4.78, 5) is 25.5. The second kappa shape index (κ2) is 12.1. The first kappa shape index (κ1) is 26.3. The van der Waals surface area contributed by atoms with E-state index in [1.54, 1.807) is 11.1 Å². The van der Waals surface area contributed by atoms with E-state index in [4.69, 9.17) is 14.0 Å². The Bertz CT molecular complexity index is 1190. The molecule has 4 heterocycles. The second-order valence-corrected chi connectivity index (χ2v) is 10.4. The lowest BCUT2D eigenvalue weighted by molar-refractivity contribution is -0.131. The van der Waals surface area contributed by atoms with Gasteiger partial charge in [-0.2, -0.15) is 4.98 Å². The van der Waals surface area contributed by atoms with E-state index in [0.717, 1.165) is 43.9 Å². The second-order valence-electron chi connectivity index (χ2n) is 10.4. The maximum atomic E-state index is 14.8. The Balaban J connectivity index is 1.02. The van der Waals surface area contributed by atoms with Gasteiger partial charge in [-0.3, -0.25) is 9.78 Å². The van der Waals surface area contributed by atoms with Gasteiger partial charge in [0.1, 0.15) is 12.4 Å². The van der Waals surface area contributed by atoms with Crippen LogP contribution in [0, 0.1) is 0 Å². The first-order valence-electron chi connectivity index (χ1n) is 13.6. The van der Waals surface area contributed by atoms with Crippen LogP contribution in [0.3, 0.4) is 0 Å². The first-order valence-corrected chi connectivity index (χ1v) is 13.6. The molecule has 1 fully saturated rings. The standard InChI is InChI=1S/C28H36FN5O4/c1-19(2)27-31-28(38-32-27)33-12-8-22(9-13-33)36-14-15-37-23-6-5-21(24(29)17-23)16-26(35)34-11-7-20-4-3-10-30-25(20)18-34/h3-4,10,17,19,22H,5-9,11-16,18H2,1-2H3. The van der Waals surface area contributed by atoms with Crippen molar-refractivity contribution >= 4 is 11.9 Å². The number of ether oxygens (including phenoxy) is 2. The number of carbonyl (C=O) groups excluding carboxylic acids is 1. The van der Waals surface area contributed by atoms with E-state index in [1.165, 1.54) is 11.6 Å². The zero-order chi connectivity index (χ0) is 26.5. The Morgan fingerprint density at radius 2 is 2.03 bits per heavy atom. The highest BCUT2D eigenvalue weighted by Crippen LogP contribution is 2.29. The molecule has 0 bridgehead atoms. The van der Waals surface area contributed by atoms with Crippen LogP contribution < -0.4 is 4.90 Å². The Morgan fingerprint density at radius 1 is 1.18 bits per heavy atom. The SMILES string of the molecule is CC(C)c1noc(N2CCC(OCCOC3=CC(F)=C(CC(=O)N4CCc5cccnc5C4)CC3)CC2)n1. The number of piperidine rings is 1. The van der Waals surface area contributed by atoms with Gasteiger partial charge in [0.05, 0.1) is 37.1 Å². The molecule has 0 unspecified atom stereocenters. The highest BCUT2D eigenvalue weighted by molar-refractivity contribution is 5.79. The maximum absolute atomic E-state index is 14.8. The van der Waals surface area contributed by atoms with Crippen molar-refractivity contribution in [2.24, 2.45) is 0 Å². The number of carbonyl (C=O) groups is 1. The van der Waals surface area contributed by atoms with Crippen molar-refractivity contribution < 1.29 is 23.2 Å². The van der Waals surface area contributed by atoms with Crippen LogP contribution in [0.15, 0.2) is 46.1 Å². The highest BCUT2D eigenvalue weighted by Gasteiger charge is 2.26. The third kappa shape index (κ3) is 6.40. The molecule has 0 N–H and O–H groups in total. The van der Waals surface area contributed by atoms with Gasteiger partial charge in [0.15, 0.2) is 5.82 Å². The van der Waals surface area contributed by atoms with E-state index in [-0.39, 0.29) is 30.2 Å². The van der Waals surface area contributed by atoms with E-state index in [9.17, 15) is 9.18 Å². The van der Waals surface area contributed by atoms with Gasteiger partial charge < -0.3 is 23.8 Å². The molecule has 10 heteroatoms. The number of aromatic nitrogens is 3. The summed E-state index contributed by atoms with van der Waals surface area (Å²) in [5.74, 6) is 1.16. The fourth-order valence-corrected chi connectivity index (χ4v) is 5.05. The molecule has 2 aromatic heterocycles. The van der Waals surface area contributed by atoms with Crippen molar-refractivity contribution in [2.45, 2.75) is 70.9 Å². The Hall–Kier alpha value is -3.27. The molecule has 9 nitrogen and oxygen atoms in total. The number of hydrogen-bond acceptors (Lipinski definition) is 8. The molecule has 0 atom stereocenters. The summed E-state index contributed by atoms with van der Waals surface area (Å²) in [5.41, 5.74) is 2.65. The van der Waals surface area contributed by atoms with E-state index in [2.05, 4.69) is 20.0 Å². The molecule has 1 saturated heterocycles. The number of fused-ring (bicyclic) bond motifs is 1. The van der Waals surface area contributed by atoms with Gasteiger partial charge in [0, 0.05) is 44.2 Å². The van der Waals surface area contributed by atoms with E-state index >= 15 is 0 Å². The summed E-state index contributed by atoms with van der Waals surface area (Å²) >= 11 is 0. The monoisotopic (exact) mass is 525 g/mol. The van der Waals surface area contributed by atoms with Crippen molar-refractivity contribution in [3.05, 3.63) is 58.6 Å². The molecular formula is C28H36FN5O4. The number of anilines is 1. The number of pyridine rings is 1. The minimum absolute atomic E-state index is 0.0527. The van der Waals surface area contributed by atoms with Crippen LogP contribution in [-0.2, 0) is 27.2 Å². The molecule has 1 amide bonds. The highest BCUT2D eigenvalue weighted by atomic mass is 19.1. The van der Waals surface area contributed by atoms with Crippen molar-refractivity contribution in [3.63, 3.8) is 0 Å². The number of amides is 1. The molecule has 38 heavy (non-hydrogen) atoms. The fraction of sp³-hybridized carbons (Fsp3) is 0.571. The smallest absolute Gasteiger partial charge is 0.324 e. The van der Waals surface area contributed by atoms with Gasteiger partial charge in [-0.05, 0) is 42.9 Å². The van der Waals surface area contributed by atoms with Crippen LogP contribution in [0.25, 0.3) is 0 Å². The largest absolute Gasteiger partial charge is 0.495 e. The fourth-order valence-electron chi connectivity index (χ4n) is 5.05. The Morgan fingerprint density at radius 3 is 2.79 bits per heavy atom. The molecular weight excluding hydrogens is 489 g/mol. The third-order valence-electron chi connectivity index (χ3n) is 7.38. The molecule has 0 aromatic carbocycles. The van der Waals surface area contributed by atoms with E-state index in [1.807, 2.05) is 26.0 Å². The van der Waals surface area contributed by atoms with Crippen LogP contribution in [0.4, 0.5) is 10.4 Å². The number of allylic oxidation sites excluding steroid dienone is 3. The van der Waals surface area contributed by atoms with Crippen LogP contribution >= 0.6 is 0 Å². The topological polar surface area (TPSA) is 93.8 Å². The van der Waals surface area contributed by atoms with E-state index < -0.39 is 0 Å². The summed E-state index contributed by atoms with van der Waals surface area (Å²) in [6.07, 6.45) is 7.01. The van der Waals surface area contributed by atoms with Crippen molar-refractivity contribution in [2.75, 3.05) is 37.7 Å². The summed E-state index contributed by atoms with van der Waals surface area (Å²) in [7, 11) is 0. The minimum Gasteiger partial charge on any atom is -0.495 e. The predicted octanol–water partition coefficient (Wildman–Crippen LogP) is 4.47. The summed E-state index contributed by atoms with van der Waals surface area (Å²) in [6.45, 7) is 7.63. The predicted molar refractivity (Wildman–Crippen MR) is 139 cm³/mol. The normalized spacial score (nSPS) is 18.6. The summed E-state index contributed by atoms with van der Waals surface area (Å²) in [5, 5.41) is 4.04. The zero-order valence-corrected chi connectivity index (χ0v) is 22.2. The average molecular weight is 526 g/mol. The maximum Gasteiger partial charge on any atom is 0.324 e. The summed E-state index contributed by atoms with van der Waals surface area (Å²) in [6, 6.07) is 4.54. The average Bonchev–Trinajstić information content (AvgIpc) is 3.43. The van der Waals surface area contributed by atoms with Crippen LogP contribution in [0.1, 0.15) is 69.0 Å². The van der Waals surface area contributed by atoms with Gasteiger partial charge in [0.2, 0.25) is 5.91 Å². The van der Waals surface area contributed by atoms with Crippen LogP contribution in [0.5, 0.6) is 0 Å². The Kier molecular flexibility index (Phi) is 8.36. The lowest BCUT2D eigenvalue weighted by Gasteiger charge is -2.30. The van der Waals surface area contributed by atoms with Gasteiger partial charge in [-0.1, -0.05) is 25.1 Å². The van der Waals surface area contributed by atoms with Crippen molar-refractivity contribution in [1.29, 1.82) is 0 Å². The van der Waals surface area contributed by atoms with Gasteiger partial charge in [-0.25, -0.2) is 4.39 Å². The molecule has 2 aliphatic heterocycles. The molecule has 3 aliphatic rings. The third-order valence-corrected chi connectivity index (χ3v) is 7.38. The molecule has 0 saturated carbocycles. The molecule has 204 valence electrons. The lowest BCUT2D eigenvalue weighted by atomic mass is 9.98. The van der Waals surface area contributed by atoms with Crippen molar-refractivity contribution in [1.82, 2.24) is 20.0 Å². The number of nitrogens with zero attached hydrogens (tertiary/aromatic N) is 5. The lowest BCUT2D eigenvalue weighted by Crippen LogP contribution is -2.37. The molecule has 5 rings (SSSR count). The quantitative estimate of drug-likeness (QED) is 0.443. The number of rotatable bonds is 9. The van der Waals surface area contributed by atoms with E-state index in [0.29, 0.717) is 56.5 Å². The van der Waals surface area contributed by atoms with Crippen LogP contribution in [-0.4, -0.2) is 64.9 Å². The minimum atomic E-state index is -0.356. The van der Waals surface area contributed by atoms with Gasteiger partial charge in [0.25, 0.3) is 0 Å². The molecule has 0 spiro atoms. The van der Waals surface area contributed by atoms with Gasteiger partial charge >= 0.3 is 6.01 Å². The van der Waals surface area contributed by atoms with Gasteiger partial charge in [-0.15, -0.1) is 0 Å². The first-order chi connectivity index (χ1) is 18.5.